The van der Waals surface area contributed by atoms with E-state index < -0.39 is 57.9 Å². The zero-order valence-corrected chi connectivity index (χ0v) is 11.7. The van der Waals surface area contributed by atoms with Crippen molar-refractivity contribution in [2.24, 2.45) is 0 Å². The van der Waals surface area contributed by atoms with Crippen molar-refractivity contribution in [3.63, 3.8) is 0 Å². The first-order chi connectivity index (χ1) is 11.1. The number of H-pyrrole nitrogens is 1. The molecule has 0 spiro atoms. The van der Waals surface area contributed by atoms with Gasteiger partial charge in [-0.3, -0.25) is 4.79 Å². The predicted molar refractivity (Wildman–Crippen MR) is 68.1 cm³/mol. The average Bonchev–Trinajstić information content (AvgIpc) is 2.53. The maximum Gasteiger partial charge on any atom is 0.331 e. The van der Waals surface area contributed by atoms with Crippen LogP contribution in [0.15, 0.2) is 15.8 Å². The highest BCUT2D eigenvalue weighted by Crippen LogP contribution is 2.29. The maximum atomic E-state index is 13.9. The summed E-state index contributed by atoms with van der Waals surface area (Å²) in [6.07, 6.45) is 0.901. The van der Waals surface area contributed by atoms with Gasteiger partial charge in [0.1, 0.15) is 0 Å². The Morgan fingerprint density at radius 2 is 1.50 bits per heavy atom. The summed E-state index contributed by atoms with van der Waals surface area (Å²) < 4.78 is 67.2. The minimum atomic E-state index is -2.76. The van der Waals surface area contributed by atoms with Gasteiger partial charge >= 0.3 is 11.7 Å². The summed E-state index contributed by atoms with van der Waals surface area (Å²) in [7, 11) is 0. The lowest BCUT2D eigenvalue weighted by molar-refractivity contribution is -0.139. The van der Waals surface area contributed by atoms with Crippen molar-refractivity contribution in [2.75, 3.05) is 0 Å². The number of hydrogen-bond acceptors (Lipinski definition) is 3. The number of aryl methyl sites for hydroxylation is 1. The standard InChI is InChI=1S/C13H7F5N2O4/c1-3-2-19-13(24)20(11(3)21)10(12(22)23)4-5(14)7(16)9(18)8(17)6(4)15/h2,10H,1H3,(H,19,24)(H,22,23). The van der Waals surface area contributed by atoms with E-state index in [1.807, 2.05) is 4.98 Å². The van der Waals surface area contributed by atoms with Gasteiger partial charge in [0.05, 0.1) is 5.56 Å². The number of hydrogen-bond donors (Lipinski definition) is 2. The number of nitrogens with one attached hydrogen (secondary N) is 1. The number of carboxylic acids is 1. The Hall–Kier alpha value is -2.98. The number of benzene rings is 1. The highest BCUT2D eigenvalue weighted by molar-refractivity contribution is 5.76. The van der Waals surface area contributed by atoms with Gasteiger partial charge in [0.25, 0.3) is 5.56 Å². The highest BCUT2D eigenvalue weighted by Gasteiger charge is 2.36. The molecule has 0 saturated heterocycles. The number of aromatic nitrogens is 2. The number of carboxylic acid groups (broad SMARTS) is 1. The molecule has 1 unspecified atom stereocenters. The lowest BCUT2D eigenvalue weighted by Gasteiger charge is -2.17. The van der Waals surface area contributed by atoms with Crippen LogP contribution >= 0.6 is 0 Å². The van der Waals surface area contributed by atoms with Gasteiger partial charge in [-0.05, 0) is 6.92 Å². The second kappa shape index (κ2) is 5.91. The third kappa shape index (κ3) is 2.47. The normalized spacial score (nSPS) is 12.2. The van der Waals surface area contributed by atoms with Crippen LogP contribution in [0.1, 0.15) is 17.2 Å². The second-order valence-corrected chi connectivity index (χ2v) is 4.68. The van der Waals surface area contributed by atoms with Gasteiger partial charge in [-0.1, -0.05) is 0 Å². The first-order valence-corrected chi connectivity index (χ1v) is 6.14. The van der Waals surface area contributed by atoms with E-state index in [9.17, 15) is 36.3 Å². The fraction of sp³-hybridized carbons (Fsp3) is 0.154. The summed E-state index contributed by atoms with van der Waals surface area (Å²) >= 11 is 0. The Labute approximate surface area is 128 Å². The van der Waals surface area contributed by atoms with Crippen LogP contribution in [0.2, 0.25) is 0 Å². The molecular formula is C13H7F5N2O4. The van der Waals surface area contributed by atoms with E-state index in [1.54, 1.807) is 0 Å². The predicted octanol–water partition coefficient (Wildman–Crippen LogP) is 1.21. The molecule has 1 aromatic heterocycles. The molecule has 1 heterocycles. The van der Waals surface area contributed by atoms with E-state index in [0.29, 0.717) is 0 Å². The summed E-state index contributed by atoms with van der Waals surface area (Å²) in [6, 6.07) is -2.76. The van der Waals surface area contributed by atoms with E-state index in [0.717, 1.165) is 13.1 Å². The van der Waals surface area contributed by atoms with E-state index in [4.69, 9.17) is 5.11 Å². The molecule has 0 aliphatic heterocycles. The van der Waals surface area contributed by atoms with Crippen molar-refractivity contribution in [3.8, 4) is 0 Å². The van der Waals surface area contributed by atoms with E-state index in [-0.39, 0.29) is 10.1 Å². The molecule has 128 valence electrons. The SMILES string of the molecule is Cc1c[nH]c(=O)n(C(C(=O)O)c2c(F)c(F)c(F)c(F)c2F)c1=O. The van der Waals surface area contributed by atoms with E-state index in [2.05, 4.69) is 0 Å². The number of halogens is 5. The zero-order valence-electron chi connectivity index (χ0n) is 11.7. The molecule has 0 fully saturated rings. The number of nitrogens with zero attached hydrogens (tertiary/aromatic N) is 1. The van der Waals surface area contributed by atoms with Crippen LogP contribution in [0.3, 0.4) is 0 Å². The molecule has 0 bridgehead atoms. The van der Waals surface area contributed by atoms with Gasteiger partial charge in [-0.2, -0.15) is 0 Å². The van der Waals surface area contributed by atoms with Gasteiger partial charge in [-0.25, -0.2) is 36.1 Å². The Morgan fingerprint density at radius 3 is 1.96 bits per heavy atom. The topological polar surface area (TPSA) is 92.2 Å². The van der Waals surface area contributed by atoms with Gasteiger partial charge in [-0.15, -0.1) is 0 Å². The summed E-state index contributed by atoms with van der Waals surface area (Å²) in [5, 5.41) is 9.14. The molecule has 1 atom stereocenters. The third-order valence-electron chi connectivity index (χ3n) is 3.20. The smallest absolute Gasteiger partial charge is 0.331 e. The molecule has 2 rings (SSSR count). The Kier molecular flexibility index (Phi) is 4.28. The fourth-order valence-electron chi connectivity index (χ4n) is 2.04. The molecule has 6 nitrogen and oxygen atoms in total. The lowest BCUT2D eigenvalue weighted by atomic mass is 10.0. The molecule has 11 heteroatoms. The highest BCUT2D eigenvalue weighted by atomic mass is 19.2. The summed E-state index contributed by atoms with van der Waals surface area (Å²) in [5.74, 6) is -14.4. The lowest BCUT2D eigenvalue weighted by Crippen LogP contribution is -2.43. The quantitative estimate of drug-likeness (QED) is 0.495. The van der Waals surface area contributed by atoms with Crippen LogP contribution < -0.4 is 11.2 Å². The van der Waals surface area contributed by atoms with Gasteiger partial charge in [0, 0.05) is 11.8 Å². The average molecular weight is 350 g/mol. The second-order valence-electron chi connectivity index (χ2n) is 4.68. The van der Waals surface area contributed by atoms with Crippen molar-refractivity contribution in [1.82, 2.24) is 9.55 Å². The summed E-state index contributed by atoms with van der Waals surface area (Å²) in [6.45, 7) is 1.15. The minimum Gasteiger partial charge on any atom is -0.479 e. The number of aromatic amines is 1. The third-order valence-corrected chi connectivity index (χ3v) is 3.20. The molecule has 24 heavy (non-hydrogen) atoms. The van der Waals surface area contributed by atoms with Crippen LogP contribution in [-0.4, -0.2) is 20.6 Å². The van der Waals surface area contributed by atoms with Crippen LogP contribution in [0.5, 0.6) is 0 Å². The Balaban J connectivity index is 2.97. The molecule has 1 aromatic carbocycles. The molecule has 0 saturated carbocycles. The van der Waals surface area contributed by atoms with Crippen molar-refractivity contribution in [1.29, 1.82) is 0 Å². The minimum absolute atomic E-state index is 0.143. The van der Waals surface area contributed by atoms with E-state index in [1.165, 1.54) is 0 Å². The Bertz CT molecular complexity index is 937. The van der Waals surface area contributed by atoms with Crippen LogP contribution in [0.25, 0.3) is 0 Å². The maximum absolute atomic E-state index is 13.9. The first kappa shape index (κ1) is 17.4. The zero-order chi connectivity index (χ0) is 18.3. The number of carbonyl (C=O) groups is 1. The molecule has 0 radical (unpaired) electrons. The summed E-state index contributed by atoms with van der Waals surface area (Å²) in [5.41, 5.74) is -4.71. The molecule has 2 N–H and O–H groups in total. The van der Waals surface area contributed by atoms with Crippen molar-refractivity contribution >= 4 is 5.97 Å². The molecule has 0 amide bonds. The molecule has 2 aromatic rings. The van der Waals surface area contributed by atoms with Crippen molar-refractivity contribution in [3.05, 3.63) is 67.2 Å². The fourth-order valence-corrected chi connectivity index (χ4v) is 2.04. The Morgan fingerprint density at radius 1 is 1.04 bits per heavy atom. The molecular weight excluding hydrogens is 343 g/mol. The molecule has 0 aliphatic carbocycles. The van der Waals surface area contributed by atoms with Gasteiger partial charge < -0.3 is 10.1 Å². The van der Waals surface area contributed by atoms with Crippen molar-refractivity contribution < 1.29 is 31.9 Å². The number of rotatable bonds is 3. The largest absolute Gasteiger partial charge is 0.479 e. The first-order valence-electron chi connectivity index (χ1n) is 6.14. The summed E-state index contributed by atoms with van der Waals surface area (Å²) in [4.78, 5) is 36.9. The van der Waals surface area contributed by atoms with Crippen LogP contribution in [0.4, 0.5) is 22.0 Å². The van der Waals surface area contributed by atoms with Crippen molar-refractivity contribution in [2.45, 2.75) is 13.0 Å². The van der Waals surface area contributed by atoms with Crippen LogP contribution in [0, 0.1) is 36.0 Å². The van der Waals surface area contributed by atoms with Gasteiger partial charge in [0.15, 0.2) is 29.3 Å². The number of aliphatic carboxylic acids is 1. The van der Waals surface area contributed by atoms with E-state index >= 15 is 0 Å². The van der Waals surface area contributed by atoms with Gasteiger partial charge in [0.2, 0.25) is 5.82 Å². The molecule has 0 aliphatic rings. The van der Waals surface area contributed by atoms with Crippen LogP contribution in [-0.2, 0) is 4.79 Å². The monoisotopic (exact) mass is 350 g/mol.